The van der Waals surface area contributed by atoms with Crippen LogP contribution in [0.15, 0.2) is 12.1 Å². The van der Waals surface area contributed by atoms with Crippen molar-refractivity contribution in [2.24, 2.45) is 5.73 Å². The lowest BCUT2D eigenvalue weighted by molar-refractivity contribution is 0.161. The molecule has 1 aromatic carbocycles. The quantitative estimate of drug-likeness (QED) is 0.729. The maximum atomic E-state index is 9.66. The van der Waals surface area contributed by atoms with Gasteiger partial charge in [0.05, 0.1) is 6.10 Å². The molecule has 0 aromatic heterocycles. The van der Waals surface area contributed by atoms with Crippen LogP contribution in [0.25, 0.3) is 0 Å². The SMILES string of the molecule is Cc1cc2c(c(C(O)CN)c1)OCO2. The van der Waals surface area contributed by atoms with Gasteiger partial charge in [-0.05, 0) is 24.6 Å². The van der Waals surface area contributed by atoms with Crippen LogP contribution in [-0.2, 0) is 0 Å². The maximum absolute atomic E-state index is 9.66. The number of benzene rings is 1. The second kappa shape index (κ2) is 3.48. The van der Waals surface area contributed by atoms with Gasteiger partial charge in [0.15, 0.2) is 11.5 Å². The van der Waals surface area contributed by atoms with Crippen molar-refractivity contribution in [3.05, 3.63) is 23.3 Å². The molecule has 4 nitrogen and oxygen atoms in total. The zero-order chi connectivity index (χ0) is 10.1. The molecule has 1 aliphatic heterocycles. The largest absolute Gasteiger partial charge is 0.454 e. The summed E-state index contributed by atoms with van der Waals surface area (Å²) >= 11 is 0. The number of aliphatic hydroxyl groups excluding tert-OH is 1. The smallest absolute Gasteiger partial charge is 0.231 e. The predicted octanol–water partition coefficient (Wildman–Crippen LogP) is 0.716. The highest BCUT2D eigenvalue weighted by Gasteiger charge is 2.22. The molecule has 1 atom stereocenters. The summed E-state index contributed by atoms with van der Waals surface area (Å²) in [4.78, 5) is 0. The molecule has 4 heteroatoms. The van der Waals surface area contributed by atoms with Crippen molar-refractivity contribution in [1.82, 2.24) is 0 Å². The molecular weight excluding hydrogens is 182 g/mol. The topological polar surface area (TPSA) is 64.7 Å². The Morgan fingerprint density at radius 3 is 3.00 bits per heavy atom. The molecule has 0 aliphatic carbocycles. The van der Waals surface area contributed by atoms with Crippen molar-refractivity contribution in [2.45, 2.75) is 13.0 Å². The van der Waals surface area contributed by atoms with Gasteiger partial charge < -0.3 is 20.3 Å². The number of aliphatic hydroxyl groups is 1. The van der Waals surface area contributed by atoms with Crippen molar-refractivity contribution < 1.29 is 14.6 Å². The Kier molecular flexibility index (Phi) is 2.31. The van der Waals surface area contributed by atoms with E-state index in [4.69, 9.17) is 15.2 Å². The molecule has 1 aromatic rings. The van der Waals surface area contributed by atoms with Crippen LogP contribution < -0.4 is 15.2 Å². The van der Waals surface area contributed by atoms with E-state index in [9.17, 15) is 5.11 Å². The van der Waals surface area contributed by atoms with E-state index < -0.39 is 6.10 Å². The number of nitrogens with two attached hydrogens (primary N) is 1. The van der Waals surface area contributed by atoms with Gasteiger partial charge in [-0.15, -0.1) is 0 Å². The Morgan fingerprint density at radius 2 is 2.29 bits per heavy atom. The van der Waals surface area contributed by atoms with E-state index in [1.807, 2.05) is 19.1 Å². The average Bonchev–Trinajstić information content (AvgIpc) is 2.62. The average molecular weight is 195 g/mol. The molecule has 0 saturated carbocycles. The van der Waals surface area contributed by atoms with Crippen molar-refractivity contribution in [2.75, 3.05) is 13.3 Å². The van der Waals surface area contributed by atoms with Crippen LogP contribution in [0.4, 0.5) is 0 Å². The Hall–Kier alpha value is -1.26. The van der Waals surface area contributed by atoms with Gasteiger partial charge >= 0.3 is 0 Å². The molecule has 76 valence electrons. The summed E-state index contributed by atoms with van der Waals surface area (Å²) in [6, 6.07) is 3.75. The minimum atomic E-state index is -0.689. The molecule has 0 radical (unpaired) electrons. The Morgan fingerprint density at radius 1 is 1.50 bits per heavy atom. The minimum Gasteiger partial charge on any atom is -0.454 e. The predicted molar refractivity (Wildman–Crippen MR) is 51.3 cm³/mol. The normalized spacial score (nSPS) is 15.6. The van der Waals surface area contributed by atoms with Gasteiger partial charge in [0.1, 0.15) is 0 Å². The third kappa shape index (κ3) is 1.42. The third-order valence-electron chi connectivity index (χ3n) is 2.23. The van der Waals surface area contributed by atoms with E-state index in [0.717, 1.165) is 5.56 Å². The Labute approximate surface area is 82.2 Å². The van der Waals surface area contributed by atoms with Crippen LogP contribution >= 0.6 is 0 Å². The minimum absolute atomic E-state index is 0.180. The highest BCUT2D eigenvalue weighted by atomic mass is 16.7. The number of aryl methyl sites for hydroxylation is 1. The van der Waals surface area contributed by atoms with Crippen LogP contribution in [0.3, 0.4) is 0 Å². The zero-order valence-corrected chi connectivity index (χ0v) is 7.99. The van der Waals surface area contributed by atoms with Crippen molar-refractivity contribution >= 4 is 0 Å². The number of ether oxygens (including phenoxy) is 2. The third-order valence-corrected chi connectivity index (χ3v) is 2.23. The first-order chi connectivity index (χ1) is 6.72. The van der Waals surface area contributed by atoms with E-state index in [0.29, 0.717) is 17.1 Å². The van der Waals surface area contributed by atoms with Crippen LogP contribution in [0, 0.1) is 6.92 Å². The molecule has 0 fully saturated rings. The lowest BCUT2D eigenvalue weighted by Gasteiger charge is -2.11. The molecule has 1 unspecified atom stereocenters. The first kappa shape index (κ1) is 9.30. The first-order valence-electron chi connectivity index (χ1n) is 4.50. The summed E-state index contributed by atoms with van der Waals surface area (Å²) in [7, 11) is 0. The van der Waals surface area contributed by atoms with Crippen molar-refractivity contribution in [1.29, 1.82) is 0 Å². The number of rotatable bonds is 2. The van der Waals surface area contributed by atoms with Gasteiger partial charge in [-0.2, -0.15) is 0 Å². The second-order valence-electron chi connectivity index (χ2n) is 3.34. The highest BCUT2D eigenvalue weighted by molar-refractivity contribution is 5.51. The van der Waals surface area contributed by atoms with Gasteiger partial charge in [0.2, 0.25) is 6.79 Å². The maximum Gasteiger partial charge on any atom is 0.231 e. The summed E-state index contributed by atoms with van der Waals surface area (Å²) in [5.41, 5.74) is 7.13. The standard InChI is InChI=1S/C10H13NO3/c1-6-2-7(8(12)4-11)10-9(3-6)13-5-14-10/h2-3,8,12H,4-5,11H2,1H3. The fourth-order valence-corrected chi connectivity index (χ4v) is 1.56. The van der Waals surface area contributed by atoms with Crippen LogP contribution in [0.5, 0.6) is 11.5 Å². The first-order valence-corrected chi connectivity index (χ1v) is 4.50. The van der Waals surface area contributed by atoms with E-state index >= 15 is 0 Å². The Bertz CT molecular complexity index is 351. The molecule has 1 heterocycles. The van der Waals surface area contributed by atoms with Crippen molar-refractivity contribution in [3.63, 3.8) is 0 Å². The molecular formula is C10H13NO3. The Balaban J connectivity index is 2.48. The molecule has 0 spiro atoms. The summed E-state index contributed by atoms with van der Waals surface area (Å²) in [6.45, 7) is 2.33. The lowest BCUT2D eigenvalue weighted by Crippen LogP contribution is -2.12. The molecule has 2 rings (SSSR count). The monoisotopic (exact) mass is 195 g/mol. The van der Waals surface area contributed by atoms with Gasteiger partial charge in [0, 0.05) is 12.1 Å². The van der Waals surface area contributed by atoms with Crippen molar-refractivity contribution in [3.8, 4) is 11.5 Å². The second-order valence-corrected chi connectivity index (χ2v) is 3.34. The molecule has 0 amide bonds. The van der Waals surface area contributed by atoms with E-state index in [1.54, 1.807) is 0 Å². The van der Waals surface area contributed by atoms with Gasteiger partial charge in [-0.1, -0.05) is 0 Å². The highest BCUT2D eigenvalue weighted by Crippen LogP contribution is 2.39. The van der Waals surface area contributed by atoms with E-state index in [2.05, 4.69) is 0 Å². The summed E-state index contributed by atoms with van der Waals surface area (Å²) in [5.74, 6) is 1.31. The molecule has 3 N–H and O–H groups in total. The van der Waals surface area contributed by atoms with Crippen LogP contribution in [0.2, 0.25) is 0 Å². The molecule has 0 saturated heterocycles. The fourth-order valence-electron chi connectivity index (χ4n) is 1.56. The molecule has 1 aliphatic rings. The van der Waals surface area contributed by atoms with Gasteiger partial charge in [-0.25, -0.2) is 0 Å². The lowest BCUT2D eigenvalue weighted by atomic mass is 10.0. The molecule has 14 heavy (non-hydrogen) atoms. The summed E-state index contributed by atoms with van der Waals surface area (Å²) in [6.07, 6.45) is -0.689. The van der Waals surface area contributed by atoms with Gasteiger partial charge in [-0.3, -0.25) is 0 Å². The van der Waals surface area contributed by atoms with E-state index in [1.165, 1.54) is 0 Å². The number of hydrogen-bond acceptors (Lipinski definition) is 4. The summed E-state index contributed by atoms with van der Waals surface area (Å²) < 4.78 is 10.5. The molecule has 0 bridgehead atoms. The van der Waals surface area contributed by atoms with E-state index in [-0.39, 0.29) is 13.3 Å². The fraction of sp³-hybridized carbons (Fsp3) is 0.400. The van der Waals surface area contributed by atoms with Crippen LogP contribution in [-0.4, -0.2) is 18.4 Å². The van der Waals surface area contributed by atoms with Crippen LogP contribution in [0.1, 0.15) is 17.2 Å². The number of fused-ring (bicyclic) bond motifs is 1. The summed E-state index contributed by atoms with van der Waals surface area (Å²) in [5, 5.41) is 9.66. The number of hydrogen-bond donors (Lipinski definition) is 2. The zero-order valence-electron chi connectivity index (χ0n) is 7.99. The van der Waals surface area contributed by atoms with Gasteiger partial charge in [0.25, 0.3) is 0 Å².